The zero-order chi connectivity index (χ0) is 24.7. The highest BCUT2D eigenvalue weighted by Crippen LogP contribution is 2.30. The molecular formula is C25H24F3N3O3. The number of nitrogens with zero attached hydrogens (tertiary/aromatic N) is 1. The van der Waals surface area contributed by atoms with Gasteiger partial charge in [-0.2, -0.15) is 13.2 Å². The van der Waals surface area contributed by atoms with Gasteiger partial charge in [-0.3, -0.25) is 9.59 Å². The van der Waals surface area contributed by atoms with Crippen molar-refractivity contribution in [2.45, 2.75) is 19.2 Å². The molecule has 0 saturated heterocycles. The molecule has 9 heteroatoms. The molecule has 0 aliphatic carbocycles. The number of halogens is 3. The maximum Gasteiger partial charge on any atom is 0.416 e. The molecule has 0 saturated carbocycles. The molecule has 0 aliphatic heterocycles. The number of rotatable bonds is 8. The highest BCUT2D eigenvalue weighted by Gasteiger charge is 2.30. The number of aliphatic hydroxyl groups is 1. The van der Waals surface area contributed by atoms with Crippen molar-refractivity contribution >= 4 is 28.9 Å². The first-order chi connectivity index (χ1) is 16.1. The van der Waals surface area contributed by atoms with E-state index in [1.165, 1.54) is 24.3 Å². The summed E-state index contributed by atoms with van der Waals surface area (Å²) in [6, 6.07) is 19.6. The van der Waals surface area contributed by atoms with Gasteiger partial charge in [0.25, 0.3) is 5.91 Å². The van der Waals surface area contributed by atoms with Crippen molar-refractivity contribution in [3.63, 3.8) is 0 Å². The van der Waals surface area contributed by atoms with Crippen molar-refractivity contribution in [1.29, 1.82) is 0 Å². The van der Waals surface area contributed by atoms with Crippen LogP contribution in [0.2, 0.25) is 0 Å². The number of benzene rings is 3. The van der Waals surface area contributed by atoms with Gasteiger partial charge in [0.1, 0.15) is 0 Å². The van der Waals surface area contributed by atoms with Crippen LogP contribution < -0.4 is 15.5 Å². The Kier molecular flexibility index (Phi) is 7.91. The molecule has 6 nitrogen and oxygen atoms in total. The second-order valence-corrected chi connectivity index (χ2v) is 7.73. The molecule has 2 amide bonds. The molecule has 0 bridgehead atoms. The zero-order valence-corrected chi connectivity index (χ0v) is 18.3. The molecule has 3 rings (SSSR count). The van der Waals surface area contributed by atoms with Crippen molar-refractivity contribution in [3.05, 3.63) is 90.0 Å². The largest absolute Gasteiger partial charge is 0.416 e. The summed E-state index contributed by atoms with van der Waals surface area (Å²) in [6.45, 7) is 1.84. The minimum Gasteiger partial charge on any atom is -0.392 e. The van der Waals surface area contributed by atoms with E-state index in [9.17, 15) is 27.9 Å². The number of hydrogen-bond donors (Lipinski definition) is 3. The topological polar surface area (TPSA) is 81.7 Å². The van der Waals surface area contributed by atoms with Gasteiger partial charge in [0.15, 0.2) is 0 Å². The van der Waals surface area contributed by atoms with Crippen LogP contribution in [0.25, 0.3) is 0 Å². The molecule has 3 aromatic rings. The summed E-state index contributed by atoms with van der Waals surface area (Å²) < 4.78 is 38.7. The van der Waals surface area contributed by atoms with Gasteiger partial charge in [-0.05, 0) is 55.5 Å². The summed E-state index contributed by atoms with van der Waals surface area (Å²) in [6.07, 6.45) is -5.18. The van der Waals surface area contributed by atoms with Gasteiger partial charge in [0.2, 0.25) is 5.91 Å². The van der Waals surface area contributed by atoms with Crippen LogP contribution >= 0.6 is 0 Å². The molecule has 0 aliphatic rings. The minimum absolute atomic E-state index is 0.00545. The number of alkyl halides is 3. The van der Waals surface area contributed by atoms with E-state index in [2.05, 4.69) is 10.6 Å². The maximum atomic E-state index is 12.9. The second kappa shape index (κ2) is 10.8. The number of para-hydroxylation sites is 1. The van der Waals surface area contributed by atoms with Crippen LogP contribution in [-0.4, -0.2) is 36.1 Å². The predicted octanol–water partition coefficient (Wildman–Crippen LogP) is 4.78. The molecule has 3 aromatic carbocycles. The van der Waals surface area contributed by atoms with Crippen molar-refractivity contribution in [2.24, 2.45) is 0 Å². The Morgan fingerprint density at radius 2 is 1.56 bits per heavy atom. The number of carbonyl (C=O) groups is 2. The first-order valence-corrected chi connectivity index (χ1v) is 10.5. The van der Waals surface area contributed by atoms with E-state index in [0.717, 1.165) is 17.8 Å². The fourth-order valence-electron chi connectivity index (χ4n) is 3.31. The fourth-order valence-corrected chi connectivity index (χ4v) is 3.31. The standard InChI is InChI=1S/C25H24F3N3O3/c1-17(32)15-31(22-11-3-2-4-12-22)16-23(33)29-20-9-5-7-18(13-20)24(34)30-21-10-6-8-19(14-21)25(26,27)28/h2-14,17,32H,15-16H2,1H3,(H,29,33)(H,30,34). The molecule has 178 valence electrons. The van der Waals surface area contributed by atoms with Crippen molar-refractivity contribution < 1.29 is 27.9 Å². The predicted molar refractivity (Wildman–Crippen MR) is 125 cm³/mol. The van der Waals surface area contributed by atoms with Gasteiger partial charge >= 0.3 is 6.18 Å². The molecule has 1 atom stereocenters. The SMILES string of the molecule is CC(O)CN(CC(=O)Nc1cccc(C(=O)Nc2cccc(C(F)(F)F)c2)c1)c1ccccc1. The van der Waals surface area contributed by atoms with Crippen LogP contribution in [-0.2, 0) is 11.0 Å². The van der Waals surface area contributed by atoms with E-state index < -0.39 is 23.8 Å². The van der Waals surface area contributed by atoms with Crippen LogP contribution in [0.3, 0.4) is 0 Å². The third-order valence-electron chi connectivity index (χ3n) is 4.80. The van der Waals surface area contributed by atoms with Crippen molar-refractivity contribution in [2.75, 3.05) is 28.6 Å². The molecule has 3 N–H and O–H groups in total. The molecule has 0 aromatic heterocycles. The number of carbonyl (C=O) groups excluding carboxylic acids is 2. The second-order valence-electron chi connectivity index (χ2n) is 7.73. The summed E-state index contributed by atoms with van der Waals surface area (Å²) in [7, 11) is 0. The normalized spacial score (nSPS) is 12.0. The van der Waals surface area contributed by atoms with E-state index in [-0.39, 0.29) is 30.2 Å². The van der Waals surface area contributed by atoms with Crippen LogP contribution in [0.5, 0.6) is 0 Å². The minimum atomic E-state index is -4.52. The van der Waals surface area contributed by atoms with E-state index in [4.69, 9.17) is 0 Å². The highest BCUT2D eigenvalue weighted by molar-refractivity contribution is 6.05. The first-order valence-electron chi connectivity index (χ1n) is 10.5. The van der Waals surface area contributed by atoms with Crippen LogP contribution in [0.15, 0.2) is 78.9 Å². The summed E-state index contributed by atoms with van der Waals surface area (Å²) in [5, 5.41) is 14.9. The smallest absolute Gasteiger partial charge is 0.392 e. The molecule has 0 fully saturated rings. The van der Waals surface area contributed by atoms with Crippen molar-refractivity contribution in [1.82, 2.24) is 0 Å². The summed E-state index contributed by atoms with van der Waals surface area (Å²) in [5.41, 5.74) is 0.427. The van der Waals surface area contributed by atoms with Gasteiger partial charge in [0.05, 0.1) is 18.2 Å². The van der Waals surface area contributed by atoms with E-state index >= 15 is 0 Å². The lowest BCUT2D eigenvalue weighted by Crippen LogP contribution is -2.37. The first kappa shape index (κ1) is 24.8. The summed E-state index contributed by atoms with van der Waals surface area (Å²) >= 11 is 0. The molecular weight excluding hydrogens is 447 g/mol. The quantitative estimate of drug-likeness (QED) is 0.442. The number of aliphatic hydroxyl groups excluding tert-OH is 1. The van der Waals surface area contributed by atoms with Gasteiger partial charge in [-0.15, -0.1) is 0 Å². The lowest BCUT2D eigenvalue weighted by atomic mass is 10.1. The lowest BCUT2D eigenvalue weighted by Gasteiger charge is -2.25. The monoisotopic (exact) mass is 471 g/mol. The molecule has 34 heavy (non-hydrogen) atoms. The Bertz CT molecular complexity index is 1130. The van der Waals surface area contributed by atoms with E-state index in [1.54, 1.807) is 24.0 Å². The van der Waals surface area contributed by atoms with Gasteiger partial charge < -0.3 is 20.6 Å². The number of hydrogen-bond acceptors (Lipinski definition) is 4. The molecule has 0 heterocycles. The number of nitrogens with one attached hydrogen (secondary N) is 2. The third kappa shape index (κ3) is 7.08. The molecule has 0 spiro atoms. The van der Waals surface area contributed by atoms with Gasteiger partial charge in [0, 0.05) is 29.2 Å². The van der Waals surface area contributed by atoms with E-state index in [1.807, 2.05) is 30.3 Å². The Labute approximate surface area is 195 Å². The number of anilines is 3. The highest BCUT2D eigenvalue weighted by atomic mass is 19.4. The van der Waals surface area contributed by atoms with Crippen LogP contribution in [0.4, 0.5) is 30.2 Å². The Morgan fingerprint density at radius 3 is 2.21 bits per heavy atom. The van der Waals surface area contributed by atoms with Gasteiger partial charge in [-0.1, -0.05) is 30.3 Å². The number of amides is 2. The Hall–Kier alpha value is -3.85. The zero-order valence-electron chi connectivity index (χ0n) is 18.3. The lowest BCUT2D eigenvalue weighted by molar-refractivity contribution is -0.137. The maximum absolute atomic E-state index is 12.9. The van der Waals surface area contributed by atoms with E-state index in [0.29, 0.717) is 5.69 Å². The molecule has 0 radical (unpaired) electrons. The molecule has 1 unspecified atom stereocenters. The third-order valence-corrected chi connectivity index (χ3v) is 4.80. The van der Waals surface area contributed by atoms with Gasteiger partial charge in [-0.25, -0.2) is 0 Å². The average molecular weight is 471 g/mol. The van der Waals surface area contributed by atoms with Crippen molar-refractivity contribution in [3.8, 4) is 0 Å². The summed E-state index contributed by atoms with van der Waals surface area (Å²) in [4.78, 5) is 26.9. The fraction of sp³-hybridized carbons (Fsp3) is 0.200. The summed E-state index contributed by atoms with van der Waals surface area (Å²) in [5.74, 6) is -0.976. The average Bonchev–Trinajstić information content (AvgIpc) is 2.78. The Morgan fingerprint density at radius 1 is 0.912 bits per heavy atom. The van der Waals surface area contributed by atoms with Crippen LogP contribution in [0, 0.1) is 0 Å². The van der Waals surface area contributed by atoms with Crippen LogP contribution in [0.1, 0.15) is 22.8 Å². The Balaban J connectivity index is 1.67.